The molecule has 6 rings (SSSR count). The van der Waals surface area contributed by atoms with Crippen LogP contribution in [0.15, 0.2) is 48.7 Å². The summed E-state index contributed by atoms with van der Waals surface area (Å²) in [5.41, 5.74) is 2.60. The Balaban J connectivity index is 1.09. The number of Topliss-reactive ketones (excluding diaryl/α,β-unsaturated/α-hetero) is 1. The molecule has 2 fully saturated rings. The molecule has 0 amide bonds. The summed E-state index contributed by atoms with van der Waals surface area (Å²) in [6, 6.07) is 12.3. The Hall–Kier alpha value is -3.60. The lowest BCUT2D eigenvalue weighted by atomic mass is 10.0. The zero-order valence-electron chi connectivity index (χ0n) is 23.8. The Bertz CT molecular complexity index is 1580. The fourth-order valence-electron chi connectivity index (χ4n) is 5.59. The molecule has 0 aliphatic carbocycles. The van der Waals surface area contributed by atoms with Crippen molar-refractivity contribution < 1.29 is 18.7 Å². The molecule has 11 heteroatoms. The maximum Gasteiger partial charge on any atom is 0.168 e. The number of ketones is 1. The van der Waals surface area contributed by atoms with Gasteiger partial charge in [-0.3, -0.25) is 9.69 Å². The first-order valence-corrected chi connectivity index (χ1v) is 14.7. The van der Waals surface area contributed by atoms with Crippen LogP contribution in [0.3, 0.4) is 0 Å². The monoisotopic (exact) mass is 592 g/mol. The highest BCUT2D eigenvalue weighted by atomic mass is 35.5. The van der Waals surface area contributed by atoms with Gasteiger partial charge in [0.15, 0.2) is 23.2 Å². The summed E-state index contributed by atoms with van der Waals surface area (Å²) < 4.78 is 27.7. The number of nitrogens with zero attached hydrogens (tertiary/aromatic N) is 6. The Morgan fingerprint density at radius 3 is 2.67 bits per heavy atom. The SMILES string of the molecule is CC(=O)c1ccc2nc(CN3CCC(N(C)c4ccnc(COc5ccc(Cl)cc5F)n4)CC3)n(C[C@@H]3CCO3)c2c1. The molecule has 2 aromatic heterocycles. The molecule has 2 aliphatic heterocycles. The lowest BCUT2D eigenvalue weighted by molar-refractivity contribution is -0.0592. The van der Waals surface area contributed by atoms with Gasteiger partial charge in [0, 0.05) is 49.6 Å². The highest BCUT2D eigenvalue weighted by Gasteiger charge is 2.27. The third kappa shape index (κ3) is 6.25. The van der Waals surface area contributed by atoms with E-state index in [1.807, 2.05) is 24.3 Å². The van der Waals surface area contributed by atoms with Crippen LogP contribution >= 0.6 is 11.6 Å². The minimum atomic E-state index is -0.518. The third-order valence-electron chi connectivity index (χ3n) is 8.19. The van der Waals surface area contributed by atoms with E-state index in [0.717, 1.165) is 74.7 Å². The maximum atomic E-state index is 14.1. The van der Waals surface area contributed by atoms with E-state index in [-0.39, 0.29) is 24.2 Å². The van der Waals surface area contributed by atoms with Crippen molar-refractivity contribution in [3.63, 3.8) is 0 Å². The minimum absolute atomic E-state index is 0.0519. The Labute approximate surface area is 249 Å². The molecule has 0 N–H and O–H groups in total. The van der Waals surface area contributed by atoms with Gasteiger partial charge in [-0.2, -0.15) is 0 Å². The standard InChI is InChI=1S/C31H34ClFN6O3/c1-20(40)21-3-5-26-27(15-21)39(17-24-10-14-41-24)31(35-26)18-38-12-8-23(9-13-38)37(2)30-7-11-34-29(36-30)19-42-28-6-4-22(32)16-25(28)33/h3-7,11,15-16,23-24H,8-10,12-14,17-19H2,1-2H3/t24-/m0/s1. The first kappa shape index (κ1) is 28.5. The van der Waals surface area contributed by atoms with Gasteiger partial charge in [0.25, 0.3) is 0 Å². The van der Waals surface area contributed by atoms with E-state index in [1.165, 1.54) is 12.1 Å². The molecule has 0 bridgehead atoms. The number of ether oxygens (including phenoxy) is 2. The second kappa shape index (κ2) is 12.3. The number of carbonyl (C=O) groups is 1. The molecule has 42 heavy (non-hydrogen) atoms. The van der Waals surface area contributed by atoms with Crippen LogP contribution in [0.5, 0.6) is 5.75 Å². The number of fused-ring (bicyclic) bond motifs is 1. The van der Waals surface area contributed by atoms with Crippen LogP contribution < -0.4 is 9.64 Å². The third-order valence-corrected chi connectivity index (χ3v) is 8.42. The van der Waals surface area contributed by atoms with Crippen molar-refractivity contribution in [2.45, 2.75) is 58.0 Å². The van der Waals surface area contributed by atoms with E-state index < -0.39 is 5.82 Å². The van der Waals surface area contributed by atoms with Crippen molar-refractivity contribution in [3.8, 4) is 5.75 Å². The fourth-order valence-corrected chi connectivity index (χ4v) is 5.75. The summed E-state index contributed by atoms with van der Waals surface area (Å²) in [7, 11) is 2.05. The number of piperidine rings is 1. The number of anilines is 1. The van der Waals surface area contributed by atoms with Gasteiger partial charge in [-0.15, -0.1) is 0 Å². The number of aromatic nitrogens is 4. The summed E-state index contributed by atoms with van der Waals surface area (Å²) in [6.45, 7) is 5.78. The van der Waals surface area contributed by atoms with Crippen molar-refractivity contribution >= 4 is 34.2 Å². The number of imidazole rings is 1. The number of benzene rings is 2. The van der Waals surface area contributed by atoms with Crippen molar-refractivity contribution in [1.82, 2.24) is 24.4 Å². The van der Waals surface area contributed by atoms with Gasteiger partial charge in [-0.05, 0) is 68.7 Å². The number of hydrogen-bond acceptors (Lipinski definition) is 8. The van der Waals surface area contributed by atoms with Crippen LogP contribution in [0.2, 0.25) is 5.02 Å². The van der Waals surface area contributed by atoms with E-state index in [2.05, 4.69) is 31.4 Å². The first-order chi connectivity index (χ1) is 20.3. The molecular weight excluding hydrogens is 559 g/mol. The molecule has 4 heterocycles. The van der Waals surface area contributed by atoms with E-state index in [0.29, 0.717) is 22.5 Å². The number of likely N-dealkylation sites (tertiary alicyclic amines) is 1. The summed E-state index contributed by atoms with van der Waals surface area (Å²) >= 11 is 5.83. The van der Waals surface area contributed by atoms with Crippen LogP contribution in [0, 0.1) is 5.82 Å². The van der Waals surface area contributed by atoms with Crippen molar-refractivity contribution in [2.24, 2.45) is 0 Å². The molecule has 220 valence electrons. The van der Waals surface area contributed by atoms with Crippen molar-refractivity contribution in [1.29, 1.82) is 0 Å². The van der Waals surface area contributed by atoms with Crippen LogP contribution in [0.1, 0.15) is 48.2 Å². The number of rotatable bonds is 10. The van der Waals surface area contributed by atoms with Crippen molar-refractivity contribution in [2.75, 3.05) is 31.6 Å². The zero-order chi connectivity index (χ0) is 29.2. The molecule has 0 saturated carbocycles. The maximum absolute atomic E-state index is 14.1. The Kier molecular flexibility index (Phi) is 8.37. The molecule has 0 spiro atoms. The van der Waals surface area contributed by atoms with E-state index in [4.69, 9.17) is 26.1 Å². The normalized spacial score (nSPS) is 17.8. The average molecular weight is 593 g/mol. The van der Waals surface area contributed by atoms with Gasteiger partial charge in [-0.25, -0.2) is 19.3 Å². The van der Waals surface area contributed by atoms with Crippen LogP contribution in [-0.2, 0) is 24.4 Å². The molecule has 2 aromatic carbocycles. The summed E-state index contributed by atoms with van der Waals surface area (Å²) in [6.07, 6.45) is 4.89. The zero-order valence-corrected chi connectivity index (χ0v) is 24.6. The van der Waals surface area contributed by atoms with Gasteiger partial charge in [0.05, 0.1) is 30.2 Å². The van der Waals surface area contributed by atoms with Gasteiger partial charge in [0.2, 0.25) is 0 Å². The molecule has 4 aromatic rings. The summed E-state index contributed by atoms with van der Waals surface area (Å²) in [4.78, 5) is 30.6. The van der Waals surface area contributed by atoms with E-state index in [1.54, 1.807) is 19.2 Å². The molecule has 0 radical (unpaired) electrons. The van der Waals surface area contributed by atoms with Crippen LogP contribution in [-0.4, -0.2) is 69.1 Å². The molecule has 0 unspecified atom stereocenters. The molecule has 9 nitrogen and oxygen atoms in total. The van der Waals surface area contributed by atoms with E-state index >= 15 is 0 Å². The lowest BCUT2D eigenvalue weighted by Crippen LogP contribution is -2.44. The Morgan fingerprint density at radius 2 is 1.95 bits per heavy atom. The van der Waals surface area contributed by atoms with Gasteiger partial charge < -0.3 is 18.9 Å². The molecule has 2 saturated heterocycles. The smallest absolute Gasteiger partial charge is 0.168 e. The highest BCUT2D eigenvalue weighted by Crippen LogP contribution is 2.26. The van der Waals surface area contributed by atoms with Gasteiger partial charge >= 0.3 is 0 Å². The topological polar surface area (TPSA) is 85.6 Å². The quantitative estimate of drug-likeness (QED) is 0.230. The number of hydrogen-bond donors (Lipinski definition) is 0. The summed E-state index contributed by atoms with van der Waals surface area (Å²) in [5, 5.41) is 0.316. The molecular formula is C31H34ClFN6O3. The minimum Gasteiger partial charge on any atom is -0.483 e. The fraction of sp³-hybridized carbons (Fsp3) is 0.419. The van der Waals surface area contributed by atoms with Crippen molar-refractivity contribution in [3.05, 3.63) is 76.7 Å². The average Bonchev–Trinajstić information content (AvgIpc) is 3.30. The predicted molar refractivity (Wildman–Crippen MR) is 159 cm³/mol. The highest BCUT2D eigenvalue weighted by molar-refractivity contribution is 6.30. The van der Waals surface area contributed by atoms with Gasteiger partial charge in [0.1, 0.15) is 18.2 Å². The first-order valence-electron chi connectivity index (χ1n) is 14.3. The lowest BCUT2D eigenvalue weighted by Gasteiger charge is -2.37. The largest absolute Gasteiger partial charge is 0.483 e. The van der Waals surface area contributed by atoms with Gasteiger partial charge in [-0.1, -0.05) is 11.6 Å². The van der Waals surface area contributed by atoms with E-state index in [9.17, 15) is 9.18 Å². The van der Waals surface area contributed by atoms with Crippen LogP contribution in [0.4, 0.5) is 10.2 Å². The number of carbonyl (C=O) groups excluding carboxylic acids is 1. The second-order valence-corrected chi connectivity index (χ2v) is 11.4. The molecule has 1 atom stereocenters. The second-order valence-electron chi connectivity index (χ2n) is 11.0. The predicted octanol–water partition coefficient (Wildman–Crippen LogP) is 5.29. The molecule has 2 aliphatic rings. The summed E-state index contributed by atoms with van der Waals surface area (Å²) in [5.74, 6) is 1.94. The number of halogens is 2. The Morgan fingerprint density at radius 1 is 1.14 bits per heavy atom. The van der Waals surface area contributed by atoms with Crippen LogP contribution in [0.25, 0.3) is 11.0 Å².